The van der Waals surface area contributed by atoms with Crippen molar-refractivity contribution in [3.8, 4) is 0 Å². The minimum absolute atomic E-state index is 0.0943. The molecule has 1 rings (SSSR count). The second-order valence-corrected chi connectivity index (χ2v) is 5.32. The number of pyridine rings is 1. The lowest BCUT2D eigenvalue weighted by Crippen LogP contribution is -2.42. The van der Waals surface area contributed by atoms with Gasteiger partial charge in [-0.25, -0.2) is 10.8 Å². The maximum absolute atomic E-state index is 12.2. The van der Waals surface area contributed by atoms with E-state index in [1.807, 2.05) is 26.8 Å². The quantitative estimate of drug-likeness (QED) is 0.544. The normalized spacial score (nSPS) is 11.2. The molecule has 1 amide bonds. The third-order valence-electron chi connectivity index (χ3n) is 3.13. The molecule has 19 heavy (non-hydrogen) atoms. The molecule has 0 atom stereocenters. The Kier molecular flexibility index (Phi) is 5.30. The molecule has 0 bridgehead atoms. The molecule has 4 N–H and O–H groups in total. The lowest BCUT2D eigenvalue weighted by Gasteiger charge is -2.24. The van der Waals surface area contributed by atoms with Crippen LogP contribution in [0.5, 0.6) is 0 Å². The van der Waals surface area contributed by atoms with Crippen molar-refractivity contribution in [3.63, 3.8) is 0 Å². The predicted octanol–water partition coefficient (Wildman–Crippen LogP) is 2.24. The van der Waals surface area contributed by atoms with Crippen molar-refractivity contribution in [3.05, 3.63) is 23.4 Å². The smallest absolute Gasteiger partial charge is 0.251 e. The summed E-state index contributed by atoms with van der Waals surface area (Å²) in [6.07, 6.45) is 2.67. The molecular weight excluding hydrogens is 240 g/mol. The predicted molar refractivity (Wildman–Crippen MR) is 77.9 cm³/mol. The maximum Gasteiger partial charge on any atom is 0.251 e. The summed E-state index contributed by atoms with van der Waals surface area (Å²) in [6, 6.07) is 3.49. The van der Waals surface area contributed by atoms with Gasteiger partial charge in [0.15, 0.2) is 0 Å². The summed E-state index contributed by atoms with van der Waals surface area (Å²) in [6.45, 7) is 8.12. The Hall–Kier alpha value is -1.62. The molecule has 0 fully saturated rings. The highest BCUT2D eigenvalue weighted by Gasteiger charge is 2.19. The summed E-state index contributed by atoms with van der Waals surface area (Å²) >= 11 is 0. The average Bonchev–Trinajstić information content (AvgIpc) is 2.38. The van der Waals surface area contributed by atoms with Crippen LogP contribution in [0.15, 0.2) is 12.1 Å². The molecule has 0 aliphatic carbocycles. The zero-order valence-corrected chi connectivity index (χ0v) is 12.2. The molecule has 5 heteroatoms. The van der Waals surface area contributed by atoms with Gasteiger partial charge in [-0.3, -0.25) is 4.79 Å². The Balaban J connectivity index is 2.98. The van der Waals surface area contributed by atoms with Crippen molar-refractivity contribution < 1.29 is 4.79 Å². The standard InChI is InChI=1S/C14H24N4O/c1-5-7-11-8-10(9-12(16-11)18-15)13(19)17-14(3,4)6-2/h8-9H,5-7,15H2,1-4H3,(H,16,18)(H,17,19). The van der Waals surface area contributed by atoms with E-state index in [1.165, 1.54) is 0 Å². The van der Waals surface area contributed by atoms with Gasteiger partial charge in [-0.1, -0.05) is 20.3 Å². The summed E-state index contributed by atoms with van der Waals surface area (Å²) in [5.74, 6) is 5.82. The first-order valence-electron chi connectivity index (χ1n) is 6.72. The summed E-state index contributed by atoms with van der Waals surface area (Å²) in [5, 5.41) is 3.01. The van der Waals surface area contributed by atoms with Crippen molar-refractivity contribution in [2.24, 2.45) is 5.84 Å². The number of nitrogens with two attached hydrogens (primary N) is 1. The highest BCUT2D eigenvalue weighted by molar-refractivity contribution is 5.95. The van der Waals surface area contributed by atoms with Crippen LogP contribution in [0.3, 0.4) is 0 Å². The molecule has 1 aromatic heterocycles. The van der Waals surface area contributed by atoms with Crippen LogP contribution in [-0.4, -0.2) is 16.4 Å². The highest BCUT2D eigenvalue weighted by Crippen LogP contribution is 2.14. The molecule has 0 saturated carbocycles. The van der Waals surface area contributed by atoms with Gasteiger partial charge in [-0.2, -0.15) is 0 Å². The molecule has 0 saturated heterocycles. The minimum atomic E-state index is -0.221. The maximum atomic E-state index is 12.2. The Labute approximate surface area is 115 Å². The largest absolute Gasteiger partial charge is 0.347 e. The van der Waals surface area contributed by atoms with Gasteiger partial charge in [0.2, 0.25) is 0 Å². The van der Waals surface area contributed by atoms with Crippen LogP contribution >= 0.6 is 0 Å². The van der Waals surface area contributed by atoms with Crippen LogP contribution < -0.4 is 16.6 Å². The molecule has 1 aromatic rings. The molecule has 0 aromatic carbocycles. The molecule has 0 unspecified atom stereocenters. The van der Waals surface area contributed by atoms with Crippen LogP contribution in [-0.2, 0) is 6.42 Å². The summed E-state index contributed by atoms with van der Waals surface area (Å²) in [5.41, 5.74) is 3.75. The van der Waals surface area contributed by atoms with Gasteiger partial charge in [0, 0.05) is 16.8 Å². The van der Waals surface area contributed by atoms with E-state index in [9.17, 15) is 4.79 Å². The van der Waals surface area contributed by atoms with Gasteiger partial charge >= 0.3 is 0 Å². The Morgan fingerprint density at radius 2 is 2.05 bits per heavy atom. The van der Waals surface area contributed by atoms with Crippen molar-refractivity contribution in [1.29, 1.82) is 0 Å². The Bertz CT molecular complexity index is 443. The monoisotopic (exact) mass is 264 g/mol. The number of carbonyl (C=O) groups is 1. The van der Waals surface area contributed by atoms with E-state index in [0.29, 0.717) is 11.4 Å². The second kappa shape index (κ2) is 6.52. The zero-order chi connectivity index (χ0) is 14.5. The summed E-state index contributed by atoms with van der Waals surface area (Å²) in [7, 11) is 0. The SMILES string of the molecule is CCCc1cc(C(=O)NC(C)(C)CC)cc(NN)n1. The fourth-order valence-corrected chi connectivity index (χ4v) is 1.64. The molecule has 0 aliphatic heterocycles. The van der Waals surface area contributed by atoms with E-state index in [0.717, 1.165) is 25.0 Å². The Morgan fingerprint density at radius 1 is 1.37 bits per heavy atom. The second-order valence-electron chi connectivity index (χ2n) is 5.32. The van der Waals surface area contributed by atoms with Crippen LogP contribution in [0.1, 0.15) is 56.6 Å². The Morgan fingerprint density at radius 3 is 2.58 bits per heavy atom. The van der Waals surface area contributed by atoms with E-state index >= 15 is 0 Å². The molecule has 0 spiro atoms. The van der Waals surface area contributed by atoms with Crippen LogP contribution in [0, 0.1) is 0 Å². The fraction of sp³-hybridized carbons (Fsp3) is 0.571. The number of carbonyl (C=O) groups excluding carboxylic acids is 1. The van der Waals surface area contributed by atoms with Gasteiger partial charge in [0.1, 0.15) is 5.82 Å². The number of nitrogens with zero attached hydrogens (tertiary/aromatic N) is 1. The van der Waals surface area contributed by atoms with E-state index in [4.69, 9.17) is 5.84 Å². The van der Waals surface area contributed by atoms with Gasteiger partial charge in [0.05, 0.1) is 0 Å². The first-order valence-corrected chi connectivity index (χ1v) is 6.72. The van der Waals surface area contributed by atoms with Crippen LogP contribution in [0.2, 0.25) is 0 Å². The number of anilines is 1. The van der Waals surface area contributed by atoms with Gasteiger partial charge in [-0.05, 0) is 38.8 Å². The number of rotatable bonds is 6. The van der Waals surface area contributed by atoms with Crippen LogP contribution in [0.4, 0.5) is 5.82 Å². The number of aryl methyl sites for hydroxylation is 1. The number of hydrazine groups is 1. The molecule has 1 heterocycles. The fourth-order valence-electron chi connectivity index (χ4n) is 1.64. The van der Waals surface area contributed by atoms with E-state index in [2.05, 4.69) is 22.7 Å². The van der Waals surface area contributed by atoms with E-state index in [1.54, 1.807) is 6.07 Å². The first-order chi connectivity index (χ1) is 8.91. The van der Waals surface area contributed by atoms with Gasteiger partial charge < -0.3 is 10.7 Å². The number of amides is 1. The van der Waals surface area contributed by atoms with Crippen LogP contribution in [0.25, 0.3) is 0 Å². The summed E-state index contributed by atoms with van der Waals surface area (Å²) in [4.78, 5) is 16.6. The van der Waals surface area contributed by atoms with Gasteiger partial charge in [0.25, 0.3) is 5.91 Å². The number of nitrogen functional groups attached to an aromatic ring is 1. The molecule has 0 aliphatic rings. The minimum Gasteiger partial charge on any atom is -0.347 e. The average molecular weight is 264 g/mol. The molecule has 106 valence electrons. The van der Waals surface area contributed by atoms with Gasteiger partial charge in [-0.15, -0.1) is 0 Å². The topological polar surface area (TPSA) is 80.0 Å². The highest BCUT2D eigenvalue weighted by atomic mass is 16.1. The lowest BCUT2D eigenvalue weighted by molar-refractivity contribution is 0.0911. The zero-order valence-electron chi connectivity index (χ0n) is 12.2. The number of nitrogens with one attached hydrogen (secondary N) is 2. The molecule has 0 radical (unpaired) electrons. The molecular formula is C14H24N4O. The van der Waals surface area contributed by atoms with E-state index < -0.39 is 0 Å². The van der Waals surface area contributed by atoms with Crippen molar-refractivity contribution in [1.82, 2.24) is 10.3 Å². The van der Waals surface area contributed by atoms with Crippen molar-refractivity contribution in [2.75, 3.05) is 5.43 Å². The first kappa shape index (κ1) is 15.4. The van der Waals surface area contributed by atoms with E-state index in [-0.39, 0.29) is 11.4 Å². The number of aromatic nitrogens is 1. The van der Waals surface area contributed by atoms with Crippen molar-refractivity contribution >= 4 is 11.7 Å². The summed E-state index contributed by atoms with van der Waals surface area (Å²) < 4.78 is 0. The molecule has 5 nitrogen and oxygen atoms in total. The third kappa shape index (κ3) is 4.52. The van der Waals surface area contributed by atoms with Crippen molar-refractivity contribution in [2.45, 2.75) is 52.5 Å². The lowest BCUT2D eigenvalue weighted by atomic mass is 10.0. The number of hydrogen-bond donors (Lipinski definition) is 3. The number of hydrogen-bond acceptors (Lipinski definition) is 4. The third-order valence-corrected chi connectivity index (χ3v) is 3.13.